The van der Waals surface area contributed by atoms with Crippen molar-refractivity contribution in [2.24, 2.45) is 4.99 Å². The molecule has 0 heterocycles. The van der Waals surface area contributed by atoms with Gasteiger partial charge in [-0.15, -0.1) is 0 Å². The van der Waals surface area contributed by atoms with Crippen LogP contribution in [0.3, 0.4) is 0 Å². The van der Waals surface area contributed by atoms with Crippen LogP contribution in [0.25, 0.3) is 0 Å². The summed E-state index contributed by atoms with van der Waals surface area (Å²) in [5.41, 5.74) is 0.465. The maximum atomic E-state index is 10.5. The fourth-order valence-electron chi connectivity index (χ4n) is 0.397. The molecule has 0 bridgehead atoms. The van der Waals surface area contributed by atoms with Crippen LogP contribution in [0, 0.1) is 0 Å². The molecule has 0 atom stereocenters. The van der Waals surface area contributed by atoms with Crippen molar-refractivity contribution < 1.29 is 4.79 Å². The Morgan fingerprint density at radius 2 is 2.30 bits per heavy atom. The van der Waals surface area contributed by atoms with E-state index in [0.717, 1.165) is 0 Å². The number of amides is 1. The maximum absolute atomic E-state index is 10.5. The van der Waals surface area contributed by atoms with E-state index in [0.29, 0.717) is 5.70 Å². The van der Waals surface area contributed by atoms with Crippen LogP contribution in [0.15, 0.2) is 29.9 Å². The topological polar surface area (TPSA) is 41.5 Å². The highest BCUT2D eigenvalue weighted by Gasteiger charge is 1.91. The zero-order valence-corrected chi connectivity index (χ0v) is 5.92. The number of nitrogens with zero attached hydrogens (tertiary/aromatic N) is 1. The molecule has 0 saturated carbocycles. The smallest absolute Gasteiger partial charge is 0.247 e. The van der Waals surface area contributed by atoms with E-state index in [1.54, 1.807) is 7.05 Å². The maximum Gasteiger partial charge on any atom is 0.247 e. The average molecular weight is 138 g/mol. The molecule has 0 rings (SSSR count). The summed E-state index contributed by atoms with van der Waals surface area (Å²) in [5, 5.41) is 2.43. The number of hydrogen-bond acceptors (Lipinski definition) is 2. The Labute approximate surface area is 60.2 Å². The van der Waals surface area contributed by atoms with E-state index in [1.165, 1.54) is 12.3 Å². The Bertz CT molecular complexity index is 182. The SMILES string of the molecule is C=CC(=O)NC(=C)C=NC. The fourth-order valence-corrected chi connectivity index (χ4v) is 0.397. The zero-order chi connectivity index (χ0) is 7.98. The van der Waals surface area contributed by atoms with Crippen LogP contribution in [-0.4, -0.2) is 19.2 Å². The molecule has 3 nitrogen and oxygen atoms in total. The molecular weight excluding hydrogens is 128 g/mol. The van der Waals surface area contributed by atoms with Gasteiger partial charge in [0.15, 0.2) is 0 Å². The van der Waals surface area contributed by atoms with Gasteiger partial charge in [0, 0.05) is 13.3 Å². The fraction of sp³-hybridized carbons (Fsp3) is 0.143. The monoisotopic (exact) mass is 138 g/mol. The van der Waals surface area contributed by atoms with Gasteiger partial charge in [-0.1, -0.05) is 13.2 Å². The van der Waals surface area contributed by atoms with Crippen LogP contribution >= 0.6 is 0 Å². The predicted octanol–water partition coefficient (Wildman–Crippen LogP) is 0.503. The van der Waals surface area contributed by atoms with Gasteiger partial charge >= 0.3 is 0 Å². The highest BCUT2D eigenvalue weighted by atomic mass is 16.1. The molecule has 3 heteroatoms. The molecule has 0 aromatic carbocycles. The summed E-state index contributed by atoms with van der Waals surface area (Å²) in [5.74, 6) is -0.273. The molecule has 0 fully saturated rings. The number of allylic oxidation sites excluding steroid dienone is 1. The van der Waals surface area contributed by atoms with Crippen molar-refractivity contribution in [3.63, 3.8) is 0 Å². The van der Waals surface area contributed by atoms with E-state index in [-0.39, 0.29) is 5.91 Å². The number of hydrogen-bond donors (Lipinski definition) is 1. The first kappa shape index (κ1) is 8.62. The van der Waals surface area contributed by atoms with Crippen molar-refractivity contribution >= 4 is 12.1 Å². The predicted molar refractivity (Wildman–Crippen MR) is 41.9 cm³/mol. The second kappa shape index (κ2) is 4.49. The highest BCUT2D eigenvalue weighted by Crippen LogP contribution is 1.77. The second-order valence-corrected chi connectivity index (χ2v) is 1.61. The number of nitrogens with one attached hydrogen (secondary N) is 1. The highest BCUT2D eigenvalue weighted by molar-refractivity contribution is 5.93. The number of carbonyl (C=O) groups excluding carboxylic acids is 1. The summed E-state index contributed by atoms with van der Waals surface area (Å²) in [7, 11) is 1.60. The first-order valence-corrected chi connectivity index (χ1v) is 2.75. The molecule has 0 aliphatic rings. The number of carbonyl (C=O) groups is 1. The van der Waals surface area contributed by atoms with Crippen LogP contribution in [0.5, 0.6) is 0 Å². The van der Waals surface area contributed by atoms with Crippen molar-refractivity contribution in [2.75, 3.05) is 7.05 Å². The standard InChI is InChI=1S/C7H10N2O/c1-4-7(10)9-6(2)5-8-3/h4-5H,1-2H2,3H3,(H,9,10). The largest absolute Gasteiger partial charge is 0.322 e. The molecule has 0 unspecified atom stereocenters. The third kappa shape index (κ3) is 3.60. The Kier molecular flexibility index (Phi) is 3.87. The van der Waals surface area contributed by atoms with E-state index >= 15 is 0 Å². The molecule has 10 heavy (non-hydrogen) atoms. The van der Waals surface area contributed by atoms with E-state index < -0.39 is 0 Å². The lowest BCUT2D eigenvalue weighted by molar-refractivity contribution is -0.115. The molecule has 0 aliphatic heterocycles. The van der Waals surface area contributed by atoms with Gasteiger partial charge < -0.3 is 5.32 Å². The van der Waals surface area contributed by atoms with Gasteiger partial charge in [0.25, 0.3) is 0 Å². The minimum atomic E-state index is -0.273. The Morgan fingerprint density at radius 3 is 2.70 bits per heavy atom. The van der Waals surface area contributed by atoms with E-state index in [1.807, 2.05) is 0 Å². The summed E-state index contributed by atoms with van der Waals surface area (Å²) < 4.78 is 0. The lowest BCUT2D eigenvalue weighted by Crippen LogP contribution is -2.19. The minimum Gasteiger partial charge on any atom is -0.322 e. The number of aliphatic imine (C=N–C) groups is 1. The molecule has 0 spiro atoms. The second-order valence-electron chi connectivity index (χ2n) is 1.61. The molecular formula is C7H10N2O. The molecule has 0 aliphatic carbocycles. The van der Waals surface area contributed by atoms with E-state index in [2.05, 4.69) is 23.5 Å². The van der Waals surface area contributed by atoms with Crippen molar-refractivity contribution in [3.8, 4) is 0 Å². The van der Waals surface area contributed by atoms with Gasteiger partial charge in [0.05, 0.1) is 5.70 Å². The average Bonchev–Trinajstić information content (AvgIpc) is 1.88. The third-order valence-corrected chi connectivity index (χ3v) is 0.754. The van der Waals surface area contributed by atoms with Crippen molar-refractivity contribution in [1.29, 1.82) is 0 Å². The normalized spacial score (nSPS) is 9.30. The lowest BCUT2D eigenvalue weighted by atomic mass is 10.5. The quantitative estimate of drug-likeness (QED) is 0.448. The van der Waals surface area contributed by atoms with Crippen molar-refractivity contribution in [3.05, 3.63) is 24.9 Å². The van der Waals surface area contributed by atoms with Crippen LogP contribution in [0.4, 0.5) is 0 Å². The van der Waals surface area contributed by atoms with Gasteiger partial charge in [-0.25, -0.2) is 0 Å². The summed E-state index contributed by atoms with van der Waals surface area (Å²) in [6.45, 7) is 6.78. The zero-order valence-electron chi connectivity index (χ0n) is 5.92. The Balaban J connectivity index is 3.79. The van der Waals surface area contributed by atoms with Crippen LogP contribution in [0.2, 0.25) is 0 Å². The minimum absolute atomic E-state index is 0.273. The first-order valence-electron chi connectivity index (χ1n) is 2.75. The van der Waals surface area contributed by atoms with Gasteiger partial charge in [-0.05, 0) is 6.08 Å². The molecule has 54 valence electrons. The lowest BCUT2D eigenvalue weighted by Gasteiger charge is -1.96. The van der Waals surface area contributed by atoms with Gasteiger partial charge in [-0.3, -0.25) is 9.79 Å². The van der Waals surface area contributed by atoms with Crippen LogP contribution in [-0.2, 0) is 4.79 Å². The Morgan fingerprint density at radius 1 is 1.70 bits per heavy atom. The summed E-state index contributed by atoms with van der Waals surface area (Å²) >= 11 is 0. The molecule has 1 amide bonds. The van der Waals surface area contributed by atoms with Crippen LogP contribution < -0.4 is 5.32 Å². The summed E-state index contributed by atoms with van der Waals surface area (Å²) in [4.78, 5) is 14.2. The molecule has 0 saturated heterocycles. The molecule has 0 aromatic heterocycles. The molecule has 0 aromatic rings. The van der Waals surface area contributed by atoms with Crippen LogP contribution in [0.1, 0.15) is 0 Å². The van der Waals surface area contributed by atoms with Gasteiger partial charge in [-0.2, -0.15) is 0 Å². The Hall–Kier alpha value is -1.38. The van der Waals surface area contributed by atoms with Gasteiger partial charge in [0.2, 0.25) is 5.91 Å². The van der Waals surface area contributed by atoms with Crippen molar-refractivity contribution in [2.45, 2.75) is 0 Å². The summed E-state index contributed by atoms with van der Waals surface area (Å²) in [6.07, 6.45) is 2.64. The van der Waals surface area contributed by atoms with Gasteiger partial charge in [0.1, 0.15) is 0 Å². The first-order chi connectivity index (χ1) is 4.70. The summed E-state index contributed by atoms with van der Waals surface area (Å²) in [6, 6.07) is 0. The van der Waals surface area contributed by atoms with E-state index in [9.17, 15) is 4.79 Å². The molecule has 0 radical (unpaired) electrons. The van der Waals surface area contributed by atoms with E-state index in [4.69, 9.17) is 0 Å². The number of rotatable bonds is 3. The van der Waals surface area contributed by atoms with Crippen molar-refractivity contribution in [1.82, 2.24) is 5.32 Å². The molecule has 1 N–H and O–H groups in total. The third-order valence-electron chi connectivity index (χ3n) is 0.754.